The maximum Gasteiger partial charge on any atom is 0.306 e. The molecule has 3 nitrogen and oxygen atoms in total. The summed E-state index contributed by atoms with van der Waals surface area (Å²) in [5.41, 5.74) is 0.703. The summed E-state index contributed by atoms with van der Waals surface area (Å²) in [6.45, 7) is 1.77. The van der Waals surface area contributed by atoms with Crippen LogP contribution in [0.25, 0.3) is 0 Å². The van der Waals surface area contributed by atoms with Crippen molar-refractivity contribution in [3.8, 4) is 0 Å². The van der Waals surface area contributed by atoms with Gasteiger partial charge in [0.05, 0.1) is 12.5 Å². The van der Waals surface area contributed by atoms with Crippen LogP contribution in [0.15, 0.2) is 23.8 Å². The molecule has 0 saturated heterocycles. The first-order chi connectivity index (χ1) is 6.61. The van der Waals surface area contributed by atoms with Gasteiger partial charge >= 0.3 is 5.97 Å². The lowest BCUT2D eigenvalue weighted by Gasteiger charge is -2.10. The number of aliphatic carboxylic acids is 1. The second kappa shape index (κ2) is 7.59. The minimum Gasteiger partial charge on any atom is -0.481 e. The first kappa shape index (κ1) is 13.2. The van der Waals surface area contributed by atoms with Gasteiger partial charge < -0.3 is 10.2 Å². The van der Waals surface area contributed by atoms with Gasteiger partial charge in [0.2, 0.25) is 0 Å². The Hall–Kier alpha value is -0.800. The standard InChI is InChI=1S/C10H15ClO3/c1-2-8(5-3-4-6-11)9(12)7-10(13)14/h2-4,9,12H,5-7H2,1H3,(H,13,14)/b4-3-,8-2+. The van der Waals surface area contributed by atoms with Crippen LogP contribution < -0.4 is 0 Å². The molecule has 0 heterocycles. The van der Waals surface area contributed by atoms with Crippen LogP contribution in [-0.4, -0.2) is 28.2 Å². The number of rotatable bonds is 6. The summed E-state index contributed by atoms with van der Waals surface area (Å²) in [6.07, 6.45) is 4.68. The van der Waals surface area contributed by atoms with E-state index in [0.717, 1.165) is 0 Å². The average Bonchev–Trinajstić information content (AvgIpc) is 2.11. The molecule has 0 aromatic heterocycles. The number of carboxylic acid groups (broad SMARTS) is 1. The first-order valence-corrected chi connectivity index (χ1v) is 4.91. The monoisotopic (exact) mass is 218 g/mol. The van der Waals surface area contributed by atoms with Crippen LogP contribution in [0.4, 0.5) is 0 Å². The van der Waals surface area contributed by atoms with Gasteiger partial charge in [-0.05, 0) is 18.9 Å². The molecule has 0 saturated carbocycles. The van der Waals surface area contributed by atoms with Gasteiger partial charge in [-0.1, -0.05) is 18.2 Å². The Morgan fingerprint density at radius 3 is 2.57 bits per heavy atom. The van der Waals surface area contributed by atoms with Crippen molar-refractivity contribution >= 4 is 17.6 Å². The normalized spacial score (nSPS) is 14.6. The number of halogens is 1. The predicted octanol–water partition coefficient (Wildman–Crippen LogP) is 1.95. The molecule has 0 aliphatic carbocycles. The Morgan fingerprint density at radius 1 is 1.50 bits per heavy atom. The summed E-state index contributed by atoms with van der Waals surface area (Å²) in [4.78, 5) is 10.3. The number of allylic oxidation sites excluding steroid dienone is 3. The van der Waals surface area contributed by atoms with Crippen LogP contribution in [0.5, 0.6) is 0 Å². The fourth-order valence-electron chi connectivity index (χ4n) is 1.03. The fraction of sp³-hybridized carbons (Fsp3) is 0.500. The lowest BCUT2D eigenvalue weighted by Crippen LogP contribution is -2.15. The van der Waals surface area contributed by atoms with Crippen LogP contribution >= 0.6 is 11.6 Å². The smallest absolute Gasteiger partial charge is 0.306 e. The summed E-state index contributed by atoms with van der Waals surface area (Å²) in [6, 6.07) is 0. The maximum atomic E-state index is 10.3. The number of carbonyl (C=O) groups is 1. The van der Waals surface area contributed by atoms with Crippen LogP contribution in [0, 0.1) is 0 Å². The highest BCUT2D eigenvalue weighted by Gasteiger charge is 2.12. The summed E-state index contributed by atoms with van der Waals surface area (Å²) in [7, 11) is 0. The highest BCUT2D eigenvalue weighted by Crippen LogP contribution is 2.11. The number of aliphatic hydroxyl groups is 1. The Balaban J connectivity index is 4.13. The van der Waals surface area contributed by atoms with E-state index in [1.165, 1.54) is 0 Å². The van der Waals surface area contributed by atoms with Crippen LogP contribution in [-0.2, 0) is 4.79 Å². The lowest BCUT2D eigenvalue weighted by atomic mass is 10.0. The molecule has 0 fully saturated rings. The maximum absolute atomic E-state index is 10.3. The average molecular weight is 219 g/mol. The van der Waals surface area contributed by atoms with Crippen LogP contribution in [0.2, 0.25) is 0 Å². The van der Waals surface area contributed by atoms with E-state index < -0.39 is 12.1 Å². The van der Waals surface area contributed by atoms with Crippen molar-refractivity contribution in [2.24, 2.45) is 0 Å². The molecule has 0 aliphatic heterocycles. The first-order valence-electron chi connectivity index (χ1n) is 4.37. The minimum absolute atomic E-state index is 0.256. The topological polar surface area (TPSA) is 57.5 Å². The molecule has 2 N–H and O–H groups in total. The highest BCUT2D eigenvalue weighted by atomic mass is 35.5. The van der Waals surface area contributed by atoms with Crippen molar-refractivity contribution in [3.63, 3.8) is 0 Å². The molecule has 1 unspecified atom stereocenters. The number of alkyl halides is 1. The van der Waals surface area contributed by atoms with Gasteiger partial charge in [-0.2, -0.15) is 0 Å². The molecule has 1 atom stereocenters. The van der Waals surface area contributed by atoms with E-state index in [9.17, 15) is 9.90 Å². The third kappa shape index (κ3) is 5.78. The van der Waals surface area contributed by atoms with Crippen molar-refractivity contribution in [1.29, 1.82) is 0 Å². The van der Waals surface area contributed by atoms with Crippen LogP contribution in [0.3, 0.4) is 0 Å². The van der Waals surface area contributed by atoms with Crippen molar-refractivity contribution in [3.05, 3.63) is 23.8 Å². The van der Waals surface area contributed by atoms with Gasteiger partial charge in [0.25, 0.3) is 0 Å². The van der Waals surface area contributed by atoms with Gasteiger partial charge in [-0.15, -0.1) is 11.6 Å². The molecule has 14 heavy (non-hydrogen) atoms. The quantitative estimate of drug-likeness (QED) is 0.529. The molecule has 0 spiro atoms. The second-order valence-corrected chi connectivity index (χ2v) is 3.12. The zero-order valence-corrected chi connectivity index (χ0v) is 8.87. The Morgan fingerprint density at radius 2 is 2.14 bits per heavy atom. The number of aliphatic hydroxyl groups excluding tert-OH is 1. The molecular weight excluding hydrogens is 204 g/mol. The molecule has 0 aromatic carbocycles. The molecular formula is C10H15ClO3. The Labute approximate surface area is 88.7 Å². The van der Waals surface area contributed by atoms with Gasteiger partial charge in [-0.25, -0.2) is 0 Å². The van der Waals surface area contributed by atoms with E-state index in [2.05, 4.69) is 0 Å². The molecule has 0 amide bonds. The van der Waals surface area contributed by atoms with Gasteiger partial charge in [0.15, 0.2) is 0 Å². The lowest BCUT2D eigenvalue weighted by molar-refractivity contribution is -0.138. The van der Waals surface area contributed by atoms with Crippen molar-refractivity contribution < 1.29 is 15.0 Å². The van der Waals surface area contributed by atoms with Gasteiger partial charge in [0.1, 0.15) is 0 Å². The SMILES string of the molecule is C/C=C(\C/C=C\CCl)C(O)CC(=O)O. The molecule has 0 aliphatic rings. The molecule has 4 heteroatoms. The number of hydrogen-bond donors (Lipinski definition) is 2. The van der Waals surface area contributed by atoms with E-state index in [0.29, 0.717) is 17.9 Å². The van der Waals surface area contributed by atoms with E-state index in [4.69, 9.17) is 16.7 Å². The van der Waals surface area contributed by atoms with E-state index >= 15 is 0 Å². The highest BCUT2D eigenvalue weighted by molar-refractivity contribution is 6.18. The third-order valence-corrected chi connectivity index (χ3v) is 1.95. The summed E-state index contributed by atoms with van der Waals surface area (Å²) < 4.78 is 0. The molecule has 0 aromatic rings. The third-order valence-electron chi connectivity index (χ3n) is 1.78. The minimum atomic E-state index is -1.00. The van der Waals surface area contributed by atoms with E-state index in [1.807, 2.05) is 6.08 Å². The molecule has 0 bridgehead atoms. The summed E-state index contributed by atoms with van der Waals surface area (Å²) in [5, 5.41) is 17.9. The second-order valence-electron chi connectivity index (χ2n) is 2.81. The van der Waals surface area contributed by atoms with Crippen LogP contribution in [0.1, 0.15) is 19.8 Å². The molecule has 80 valence electrons. The largest absolute Gasteiger partial charge is 0.481 e. The fourth-order valence-corrected chi connectivity index (χ4v) is 1.15. The zero-order valence-electron chi connectivity index (χ0n) is 8.11. The van der Waals surface area contributed by atoms with Crippen molar-refractivity contribution in [2.45, 2.75) is 25.9 Å². The predicted molar refractivity (Wildman–Crippen MR) is 56.5 cm³/mol. The summed E-state index contributed by atoms with van der Waals surface area (Å²) >= 11 is 5.43. The molecule has 0 rings (SSSR count). The number of hydrogen-bond acceptors (Lipinski definition) is 2. The molecule has 0 radical (unpaired) electrons. The Bertz CT molecular complexity index is 234. The van der Waals surface area contributed by atoms with Gasteiger partial charge in [-0.3, -0.25) is 4.79 Å². The van der Waals surface area contributed by atoms with Gasteiger partial charge in [0, 0.05) is 5.88 Å². The van der Waals surface area contributed by atoms with Crippen molar-refractivity contribution in [1.82, 2.24) is 0 Å². The zero-order chi connectivity index (χ0) is 11.0. The number of carboxylic acids is 1. The van der Waals surface area contributed by atoms with E-state index in [-0.39, 0.29) is 6.42 Å². The Kier molecular flexibility index (Phi) is 7.16. The van der Waals surface area contributed by atoms with E-state index in [1.54, 1.807) is 19.1 Å². The summed E-state index contributed by atoms with van der Waals surface area (Å²) in [5.74, 6) is -0.579. The van der Waals surface area contributed by atoms with Crippen molar-refractivity contribution in [2.75, 3.05) is 5.88 Å².